The third-order valence-electron chi connectivity index (χ3n) is 2.11. The van der Waals surface area contributed by atoms with E-state index >= 15 is 0 Å². The largest absolute Gasteiger partial charge is 0.480 e. The Morgan fingerprint density at radius 3 is 2.32 bits per heavy atom. The summed E-state index contributed by atoms with van der Waals surface area (Å²) in [6, 6.07) is 4.10. The van der Waals surface area contributed by atoms with Crippen LogP contribution in [0.25, 0.3) is 0 Å². The standard InChI is InChI=1S/C11H12ClN3O4/c12-6-1-3-7(4-2-6)14-11(19)15-8(10(17)18)5-9(13)16/h1-4,8H,5H2,(H2,13,16)(H,17,18)(H2,14,15,19)/t8-/m0/s1. The molecule has 0 unspecified atom stereocenters. The lowest BCUT2D eigenvalue weighted by atomic mass is 10.2. The lowest BCUT2D eigenvalue weighted by Crippen LogP contribution is -2.45. The van der Waals surface area contributed by atoms with Gasteiger partial charge in [-0.05, 0) is 24.3 Å². The third-order valence-corrected chi connectivity index (χ3v) is 2.36. The van der Waals surface area contributed by atoms with Gasteiger partial charge in [0.15, 0.2) is 0 Å². The number of urea groups is 1. The van der Waals surface area contributed by atoms with Crippen molar-refractivity contribution in [2.75, 3.05) is 5.32 Å². The quantitative estimate of drug-likeness (QED) is 0.639. The van der Waals surface area contributed by atoms with Crippen molar-refractivity contribution < 1.29 is 19.5 Å². The predicted molar refractivity (Wildman–Crippen MR) is 68.8 cm³/mol. The maximum atomic E-state index is 11.5. The van der Waals surface area contributed by atoms with Crippen LogP contribution in [0.1, 0.15) is 6.42 Å². The molecule has 1 aromatic carbocycles. The maximum absolute atomic E-state index is 11.5. The van der Waals surface area contributed by atoms with Gasteiger partial charge in [0.25, 0.3) is 0 Å². The van der Waals surface area contributed by atoms with Crippen LogP contribution in [0.3, 0.4) is 0 Å². The van der Waals surface area contributed by atoms with Crippen LogP contribution in [0.4, 0.5) is 10.5 Å². The molecule has 0 aromatic heterocycles. The van der Waals surface area contributed by atoms with E-state index < -0.39 is 30.4 Å². The number of aliphatic carboxylic acids is 1. The summed E-state index contributed by atoms with van der Waals surface area (Å²) in [7, 11) is 0. The van der Waals surface area contributed by atoms with E-state index in [9.17, 15) is 14.4 Å². The molecule has 7 nitrogen and oxygen atoms in total. The number of primary amides is 1. The van der Waals surface area contributed by atoms with Gasteiger partial charge in [-0.25, -0.2) is 9.59 Å². The Kier molecular flexibility index (Phi) is 5.13. The highest BCUT2D eigenvalue weighted by molar-refractivity contribution is 6.30. The Morgan fingerprint density at radius 2 is 1.84 bits per heavy atom. The van der Waals surface area contributed by atoms with Crippen LogP contribution in [0.2, 0.25) is 5.02 Å². The molecule has 0 saturated carbocycles. The van der Waals surface area contributed by atoms with Crippen LogP contribution < -0.4 is 16.4 Å². The molecule has 0 heterocycles. The van der Waals surface area contributed by atoms with E-state index in [1.165, 1.54) is 0 Å². The van der Waals surface area contributed by atoms with Gasteiger partial charge in [0.1, 0.15) is 6.04 Å². The minimum atomic E-state index is -1.37. The zero-order chi connectivity index (χ0) is 14.4. The van der Waals surface area contributed by atoms with Gasteiger partial charge in [0.05, 0.1) is 6.42 Å². The van der Waals surface area contributed by atoms with Crippen molar-refractivity contribution in [2.45, 2.75) is 12.5 Å². The number of nitrogens with one attached hydrogen (secondary N) is 2. The second kappa shape index (κ2) is 6.60. The average molecular weight is 286 g/mol. The summed E-state index contributed by atoms with van der Waals surface area (Å²) in [6.07, 6.45) is -0.483. The molecule has 1 atom stereocenters. The number of rotatable bonds is 5. The highest BCUT2D eigenvalue weighted by Crippen LogP contribution is 2.13. The molecule has 102 valence electrons. The normalized spacial score (nSPS) is 11.4. The number of anilines is 1. The molecule has 0 spiro atoms. The fourth-order valence-electron chi connectivity index (χ4n) is 1.26. The number of hydrogen-bond acceptors (Lipinski definition) is 3. The first kappa shape index (κ1) is 14.8. The predicted octanol–water partition coefficient (Wildman–Crippen LogP) is 0.790. The van der Waals surface area contributed by atoms with Crippen LogP contribution in [-0.4, -0.2) is 29.1 Å². The summed E-state index contributed by atoms with van der Waals surface area (Å²) in [4.78, 5) is 33.0. The number of carbonyl (C=O) groups is 3. The molecule has 0 aliphatic rings. The van der Waals surface area contributed by atoms with E-state index in [-0.39, 0.29) is 0 Å². The van der Waals surface area contributed by atoms with Crippen molar-refractivity contribution in [3.05, 3.63) is 29.3 Å². The summed E-state index contributed by atoms with van der Waals surface area (Å²) >= 11 is 5.67. The van der Waals surface area contributed by atoms with Crippen LogP contribution in [0.5, 0.6) is 0 Å². The molecule has 1 rings (SSSR count). The minimum absolute atomic E-state index is 0.435. The SMILES string of the molecule is NC(=O)C[C@H](NC(=O)Nc1ccc(Cl)cc1)C(=O)O. The van der Waals surface area contributed by atoms with Crippen LogP contribution in [0, 0.1) is 0 Å². The van der Waals surface area contributed by atoms with E-state index in [1.54, 1.807) is 24.3 Å². The van der Waals surface area contributed by atoms with Crippen molar-refractivity contribution in [2.24, 2.45) is 5.73 Å². The zero-order valence-corrected chi connectivity index (χ0v) is 10.5. The van der Waals surface area contributed by atoms with Gasteiger partial charge >= 0.3 is 12.0 Å². The van der Waals surface area contributed by atoms with Gasteiger partial charge in [0.2, 0.25) is 5.91 Å². The second-order valence-corrected chi connectivity index (χ2v) is 4.10. The van der Waals surface area contributed by atoms with Crippen molar-refractivity contribution in [3.63, 3.8) is 0 Å². The molecule has 1 aromatic rings. The Hall–Kier alpha value is -2.28. The minimum Gasteiger partial charge on any atom is -0.480 e. The van der Waals surface area contributed by atoms with Crippen molar-refractivity contribution >= 4 is 35.2 Å². The lowest BCUT2D eigenvalue weighted by molar-refractivity contribution is -0.140. The summed E-state index contributed by atoms with van der Waals surface area (Å²) in [5.41, 5.74) is 5.32. The molecule has 0 fully saturated rings. The first-order valence-electron chi connectivity index (χ1n) is 5.22. The van der Waals surface area contributed by atoms with Crippen molar-refractivity contribution in [1.82, 2.24) is 5.32 Å². The summed E-state index contributed by atoms with van der Waals surface area (Å²) in [5, 5.41) is 13.8. The topological polar surface area (TPSA) is 122 Å². The van der Waals surface area contributed by atoms with E-state index in [1.807, 2.05) is 0 Å². The molecule has 0 bridgehead atoms. The average Bonchev–Trinajstić information content (AvgIpc) is 2.30. The number of carbonyl (C=O) groups excluding carboxylic acids is 2. The van der Waals surface area contributed by atoms with Gasteiger partial charge in [-0.3, -0.25) is 4.79 Å². The van der Waals surface area contributed by atoms with Gasteiger partial charge in [0, 0.05) is 10.7 Å². The summed E-state index contributed by atoms with van der Waals surface area (Å²) in [6.45, 7) is 0. The molecule has 0 saturated heterocycles. The summed E-state index contributed by atoms with van der Waals surface area (Å²) < 4.78 is 0. The summed E-state index contributed by atoms with van der Waals surface area (Å²) in [5.74, 6) is -2.16. The van der Waals surface area contributed by atoms with E-state index in [0.717, 1.165) is 0 Å². The van der Waals surface area contributed by atoms with Gasteiger partial charge in [-0.15, -0.1) is 0 Å². The first-order valence-corrected chi connectivity index (χ1v) is 5.60. The Labute approximate surface area is 113 Å². The van der Waals surface area contributed by atoms with Crippen LogP contribution >= 0.6 is 11.6 Å². The smallest absolute Gasteiger partial charge is 0.326 e. The monoisotopic (exact) mass is 285 g/mol. The molecular weight excluding hydrogens is 274 g/mol. The Morgan fingerprint density at radius 1 is 1.26 bits per heavy atom. The lowest BCUT2D eigenvalue weighted by Gasteiger charge is -2.13. The van der Waals surface area contributed by atoms with Gasteiger partial charge < -0.3 is 21.5 Å². The molecule has 8 heteroatoms. The number of carboxylic acid groups (broad SMARTS) is 1. The zero-order valence-electron chi connectivity index (χ0n) is 9.72. The number of amides is 3. The number of halogens is 1. The van der Waals surface area contributed by atoms with Gasteiger partial charge in [-0.2, -0.15) is 0 Å². The van der Waals surface area contributed by atoms with Gasteiger partial charge in [-0.1, -0.05) is 11.6 Å². The van der Waals surface area contributed by atoms with E-state index in [2.05, 4.69) is 10.6 Å². The highest BCUT2D eigenvalue weighted by Gasteiger charge is 2.21. The fraction of sp³-hybridized carbons (Fsp3) is 0.182. The van der Waals surface area contributed by atoms with Crippen molar-refractivity contribution in [1.29, 1.82) is 0 Å². The maximum Gasteiger partial charge on any atom is 0.326 e. The molecule has 3 amide bonds. The van der Waals surface area contributed by atoms with Crippen molar-refractivity contribution in [3.8, 4) is 0 Å². The van der Waals surface area contributed by atoms with E-state index in [0.29, 0.717) is 10.7 Å². The number of benzene rings is 1. The first-order chi connectivity index (χ1) is 8.88. The third kappa shape index (κ3) is 5.26. The Bertz CT molecular complexity index is 489. The molecule has 5 N–H and O–H groups in total. The fourth-order valence-corrected chi connectivity index (χ4v) is 1.39. The Balaban J connectivity index is 2.59. The molecule has 0 radical (unpaired) electrons. The molecule has 0 aliphatic carbocycles. The number of nitrogens with two attached hydrogens (primary N) is 1. The number of carboxylic acids is 1. The molecular formula is C11H12ClN3O4. The molecule has 0 aliphatic heterocycles. The van der Waals surface area contributed by atoms with Crippen LogP contribution in [-0.2, 0) is 9.59 Å². The second-order valence-electron chi connectivity index (χ2n) is 3.67. The highest BCUT2D eigenvalue weighted by atomic mass is 35.5. The van der Waals surface area contributed by atoms with E-state index in [4.69, 9.17) is 22.4 Å². The number of hydrogen-bond donors (Lipinski definition) is 4. The van der Waals surface area contributed by atoms with Crippen LogP contribution in [0.15, 0.2) is 24.3 Å². The molecule has 19 heavy (non-hydrogen) atoms.